The van der Waals surface area contributed by atoms with Gasteiger partial charge in [0.05, 0.1) is 0 Å². The van der Waals surface area contributed by atoms with Crippen LogP contribution in [0.4, 0.5) is 0 Å². The second-order valence-corrected chi connectivity index (χ2v) is 3.31. The van der Waals surface area contributed by atoms with Crippen LogP contribution in [0.15, 0.2) is 41.2 Å². The third-order valence-electron chi connectivity index (χ3n) is 2.19. The normalized spacial score (nSPS) is 11.0. The van der Waals surface area contributed by atoms with Crippen LogP contribution in [-0.2, 0) is 4.79 Å². The van der Waals surface area contributed by atoms with Gasteiger partial charge in [-0.2, -0.15) is 0 Å². The first-order valence-corrected chi connectivity index (χ1v) is 4.70. The highest BCUT2D eigenvalue weighted by Gasteiger charge is 1.99. The van der Waals surface area contributed by atoms with Gasteiger partial charge in [0.1, 0.15) is 0 Å². The highest BCUT2D eigenvalue weighted by Crippen LogP contribution is 2.10. The summed E-state index contributed by atoms with van der Waals surface area (Å²) >= 11 is 0. The zero-order valence-corrected chi connectivity index (χ0v) is 8.31. The molecule has 0 aliphatic heterocycles. The Balaban J connectivity index is 2.59. The molecule has 0 saturated heterocycles. The molecule has 4 heteroatoms. The van der Waals surface area contributed by atoms with E-state index in [4.69, 9.17) is 5.11 Å². The summed E-state index contributed by atoms with van der Waals surface area (Å²) in [6, 6.07) is 8.98. The molecule has 0 saturated carbocycles. The zero-order valence-electron chi connectivity index (χ0n) is 8.31. The first kappa shape index (κ1) is 10.2. The topological polar surface area (TPSA) is 70.2 Å². The summed E-state index contributed by atoms with van der Waals surface area (Å²) in [4.78, 5) is 24.6. The molecular weight excluding hydrogens is 206 g/mol. The fraction of sp³-hybridized carbons (Fsp3) is 0. The van der Waals surface area contributed by atoms with Crippen LogP contribution < -0.4 is 5.56 Å². The number of nitrogens with one attached hydrogen (secondary N) is 1. The van der Waals surface area contributed by atoms with Crippen molar-refractivity contribution < 1.29 is 9.90 Å². The summed E-state index contributed by atoms with van der Waals surface area (Å²) in [6.07, 6.45) is 2.23. The monoisotopic (exact) mass is 215 g/mol. The molecule has 0 unspecified atom stereocenters. The van der Waals surface area contributed by atoms with E-state index in [1.165, 1.54) is 6.08 Å². The molecule has 0 atom stereocenters. The number of hydrogen-bond acceptors (Lipinski definition) is 2. The van der Waals surface area contributed by atoms with Gasteiger partial charge in [-0.15, -0.1) is 0 Å². The third kappa shape index (κ3) is 2.00. The van der Waals surface area contributed by atoms with E-state index >= 15 is 0 Å². The van der Waals surface area contributed by atoms with E-state index in [1.54, 1.807) is 12.1 Å². The minimum atomic E-state index is -1.08. The number of benzene rings is 1. The number of carbonyl (C=O) groups is 1. The molecule has 0 aliphatic rings. The molecular formula is C12H9NO3. The number of aromatic amines is 1. The van der Waals surface area contributed by atoms with E-state index in [2.05, 4.69) is 4.98 Å². The van der Waals surface area contributed by atoms with Crippen molar-refractivity contribution in [2.45, 2.75) is 0 Å². The predicted octanol–water partition coefficient (Wildman–Crippen LogP) is 1.63. The number of pyridine rings is 1. The van der Waals surface area contributed by atoms with E-state index in [1.807, 2.05) is 18.2 Å². The number of rotatable bonds is 2. The second kappa shape index (κ2) is 4.02. The molecule has 0 fully saturated rings. The van der Waals surface area contributed by atoms with Gasteiger partial charge in [-0.1, -0.05) is 18.2 Å². The van der Waals surface area contributed by atoms with Gasteiger partial charge in [-0.25, -0.2) is 4.79 Å². The minimum absolute atomic E-state index is 0.295. The van der Waals surface area contributed by atoms with E-state index < -0.39 is 5.97 Å². The van der Waals surface area contributed by atoms with Crippen LogP contribution in [0.2, 0.25) is 0 Å². The summed E-state index contributed by atoms with van der Waals surface area (Å²) in [6.45, 7) is 0. The largest absolute Gasteiger partial charge is 0.478 e. The summed E-state index contributed by atoms with van der Waals surface area (Å²) in [5.74, 6) is -1.08. The lowest BCUT2D eigenvalue weighted by Gasteiger charge is -1.98. The van der Waals surface area contributed by atoms with Crippen molar-refractivity contribution in [3.05, 3.63) is 52.3 Å². The number of fused-ring (bicyclic) bond motifs is 1. The van der Waals surface area contributed by atoms with Crippen molar-refractivity contribution in [3.8, 4) is 0 Å². The quantitative estimate of drug-likeness (QED) is 0.748. The molecule has 0 aliphatic carbocycles. The van der Waals surface area contributed by atoms with Crippen molar-refractivity contribution >= 4 is 22.9 Å². The number of carboxylic acid groups (broad SMARTS) is 1. The molecule has 0 radical (unpaired) electrons. The van der Waals surface area contributed by atoms with Crippen LogP contribution >= 0.6 is 0 Å². The van der Waals surface area contributed by atoms with Crippen molar-refractivity contribution in [1.29, 1.82) is 0 Å². The zero-order chi connectivity index (χ0) is 11.5. The average molecular weight is 215 g/mol. The fourth-order valence-electron chi connectivity index (χ4n) is 1.45. The number of aliphatic carboxylic acids is 1. The predicted molar refractivity (Wildman–Crippen MR) is 61.2 cm³/mol. The molecule has 0 amide bonds. The summed E-state index contributed by atoms with van der Waals surface area (Å²) < 4.78 is 0. The Morgan fingerprint density at radius 3 is 2.81 bits per heavy atom. The summed E-state index contributed by atoms with van der Waals surface area (Å²) in [5, 5.41) is 9.35. The highest BCUT2D eigenvalue weighted by molar-refractivity contribution is 5.87. The standard InChI is InChI=1S/C12H9NO3/c14-11(15)6-5-9-7-8-3-1-2-4-10(8)13-12(9)16/h1-7H,(H,13,16)(H,14,15). The van der Waals surface area contributed by atoms with Crippen LogP contribution in [0.25, 0.3) is 17.0 Å². The first-order chi connectivity index (χ1) is 7.66. The van der Waals surface area contributed by atoms with Crippen molar-refractivity contribution in [2.24, 2.45) is 0 Å². The molecule has 80 valence electrons. The van der Waals surface area contributed by atoms with Gasteiger partial charge in [0.2, 0.25) is 0 Å². The second-order valence-electron chi connectivity index (χ2n) is 3.31. The molecule has 4 nitrogen and oxygen atoms in total. The number of para-hydroxylation sites is 1. The smallest absolute Gasteiger partial charge is 0.328 e. The van der Waals surface area contributed by atoms with Gasteiger partial charge < -0.3 is 10.1 Å². The van der Waals surface area contributed by atoms with Crippen molar-refractivity contribution in [2.75, 3.05) is 0 Å². The molecule has 16 heavy (non-hydrogen) atoms. The molecule has 1 aromatic carbocycles. The Hall–Kier alpha value is -2.36. The Kier molecular flexibility index (Phi) is 2.55. The van der Waals surface area contributed by atoms with Gasteiger partial charge in [-0.3, -0.25) is 4.79 Å². The Labute approximate surface area is 90.9 Å². The number of hydrogen-bond donors (Lipinski definition) is 2. The Morgan fingerprint density at radius 2 is 2.06 bits per heavy atom. The SMILES string of the molecule is O=C(O)C=Cc1cc2ccccc2[nH]c1=O. The minimum Gasteiger partial charge on any atom is -0.478 e. The molecule has 1 heterocycles. The summed E-state index contributed by atoms with van der Waals surface area (Å²) in [7, 11) is 0. The van der Waals surface area contributed by atoms with Crippen LogP contribution in [-0.4, -0.2) is 16.1 Å². The van der Waals surface area contributed by atoms with Gasteiger partial charge in [0.25, 0.3) is 5.56 Å². The lowest BCUT2D eigenvalue weighted by Crippen LogP contribution is -2.08. The van der Waals surface area contributed by atoms with Gasteiger partial charge in [-0.05, 0) is 23.6 Å². The number of carboxylic acids is 1. The van der Waals surface area contributed by atoms with E-state index in [9.17, 15) is 9.59 Å². The van der Waals surface area contributed by atoms with E-state index in [0.717, 1.165) is 17.0 Å². The maximum Gasteiger partial charge on any atom is 0.328 e. The lowest BCUT2D eigenvalue weighted by molar-refractivity contribution is -0.131. The number of aromatic nitrogens is 1. The van der Waals surface area contributed by atoms with E-state index in [-0.39, 0.29) is 5.56 Å². The van der Waals surface area contributed by atoms with Crippen LogP contribution in [0.3, 0.4) is 0 Å². The maximum atomic E-state index is 11.5. The third-order valence-corrected chi connectivity index (χ3v) is 2.19. The molecule has 1 aromatic heterocycles. The van der Waals surface area contributed by atoms with Crippen LogP contribution in [0, 0.1) is 0 Å². The fourth-order valence-corrected chi connectivity index (χ4v) is 1.45. The molecule has 2 N–H and O–H groups in total. The highest BCUT2D eigenvalue weighted by atomic mass is 16.4. The van der Waals surface area contributed by atoms with Gasteiger partial charge >= 0.3 is 5.97 Å². The molecule has 2 rings (SSSR count). The van der Waals surface area contributed by atoms with Crippen LogP contribution in [0.1, 0.15) is 5.56 Å². The molecule has 0 spiro atoms. The van der Waals surface area contributed by atoms with Crippen molar-refractivity contribution in [3.63, 3.8) is 0 Å². The molecule has 2 aromatic rings. The first-order valence-electron chi connectivity index (χ1n) is 4.70. The van der Waals surface area contributed by atoms with Gasteiger partial charge in [0, 0.05) is 17.2 Å². The van der Waals surface area contributed by atoms with E-state index in [0.29, 0.717) is 5.56 Å². The van der Waals surface area contributed by atoms with Gasteiger partial charge in [0.15, 0.2) is 0 Å². The maximum absolute atomic E-state index is 11.5. The Bertz CT molecular complexity index is 625. The molecule has 0 bridgehead atoms. The lowest BCUT2D eigenvalue weighted by atomic mass is 10.1. The summed E-state index contributed by atoms with van der Waals surface area (Å²) in [5.41, 5.74) is 0.775. The number of H-pyrrole nitrogens is 1. The van der Waals surface area contributed by atoms with Crippen molar-refractivity contribution in [1.82, 2.24) is 4.98 Å². The Morgan fingerprint density at radius 1 is 1.31 bits per heavy atom. The average Bonchev–Trinajstić information content (AvgIpc) is 2.26. The van der Waals surface area contributed by atoms with Crippen LogP contribution in [0.5, 0.6) is 0 Å².